The van der Waals surface area contributed by atoms with E-state index in [0.717, 1.165) is 12.1 Å². The molecule has 0 atom stereocenters. The molecule has 0 aromatic heterocycles. The highest BCUT2D eigenvalue weighted by atomic mass is 35.5. The second kappa shape index (κ2) is 9.77. The van der Waals surface area contributed by atoms with E-state index in [0.29, 0.717) is 12.1 Å². The van der Waals surface area contributed by atoms with Crippen molar-refractivity contribution in [2.45, 2.75) is 12.8 Å². The summed E-state index contributed by atoms with van der Waals surface area (Å²) in [5.74, 6) is -0.0529. The van der Waals surface area contributed by atoms with E-state index in [1.54, 1.807) is 24.1 Å². The highest BCUT2D eigenvalue weighted by Crippen LogP contribution is 2.19. The molecule has 1 amide bonds. The molecule has 0 aliphatic carbocycles. The van der Waals surface area contributed by atoms with Crippen molar-refractivity contribution in [1.29, 1.82) is 0 Å². The fraction of sp³-hybridized carbons (Fsp3) is 0.316. The smallest absolute Gasteiger partial charge is 0.269 e. The van der Waals surface area contributed by atoms with Crippen LogP contribution in [-0.4, -0.2) is 43.4 Å². The zero-order valence-electron chi connectivity index (χ0n) is 15.2. The average Bonchev–Trinajstić information content (AvgIpc) is 2.59. The largest absolute Gasteiger partial charge is 0.377 e. The number of halogens is 1. The van der Waals surface area contributed by atoms with Crippen LogP contribution in [0.3, 0.4) is 0 Å². The van der Waals surface area contributed by atoms with Crippen LogP contribution in [0.4, 0.5) is 11.4 Å². The van der Waals surface area contributed by atoms with Crippen molar-refractivity contribution in [2.75, 3.05) is 32.6 Å². The Morgan fingerprint density at radius 3 is 2.42 bits per heavy atom. The summed E-state index contributed by atoms with van der Waals surface area (Å²) in [6.07, 6.45) is 0.916. The summed E-state index contributed by atoms with van der Waals surface area (Å²) >= 11 is 0. The van der Waals surface area contributed by atoms with E-state index in [9.17, 15) is 14.9 Å². The van der Waals surface area contributed by atoms with Gasteiger partial charge in [-0.15, -0.1) is 12.4 Å². The first-order valence-electron chi connectivity index (χ1n) is 8.11. The van der Waals surface area contributed by atoms with Crippen LogP contribution in [0.5, 0.6) is 0 Å². The Bertz CT molecular complexity index is 765. The number of nitro benzene ring substituents is 1. The number of benzene rings is 2. The van der Waals surface area contributed by atoms with Gasteiger partial charge in [0.15, 0.2) is 0 Å². The standard InChI is InChI=1S/C19H23N3O3.ClH/c1-20(2)18-10-5-4-8-16(18)11-12-21(3)19(23)14-15-7-6-9-17(13-15)22(24)25;/h4-10,13H,11-12,14H2,1-3H3;1H. The molecular formula is C19H24ClN3O3. The van der Waals surface area contributed by atoms with Crippen LogP contribution in [-0.2, 0) is 17.6 Å². The van der Waals surface area contributed by atoms with Gasteiger partial charge in [0.05, 0.1) is 11.3 Å². The first kappa shape index (κ1) is 21.4. The molecule has 0 unspecified atom stereocenters. The molecule has 0 bridgehead atoms. The van der Waals surface area contributed by atoms with E-state index < -0.39 is 4.92 Å². The summed E-state index contributed by atoms with van der Waals surface area (Å²) < 4.78 is 0. The van der Waals surface area contributed by atoms with Gasteiger partial charge < -0.3 is 9.80 Å². The summed E-state index contributed by atoms with van der Waals surface area (Å²) in [4.78, 5) is 26.5. The number of nitro groups is 1. The number of rotatable bonds is 7. The Labute approximate surface area is 160 Å². The molecule has 0 aliphatic rings. The summed E-state index contributed by atoms with van der Waals surface area (Å²) in [5, 5.41) is 10.8. The second-order valence-electron chi connectivity index (χ2n) is 6.19. The fourth-order valence-electron chi connectivity index (χ4n) is 2.66. The molecule has 0 fully saturated rings. The Hall–Kier alpha value is -2.60. The quantitative estimate of drug-likeness (QED) is 0.548. The third-order valence-corrected chi connectivity index (χ3v) is 4.09. The van der Waals surface area contributed by atoms with E-state index in [1.807, 2.05) is 26.2 Å². The fourth-order valence-corrected chi connectivity index (χ4v) is 2.66. The Kier molecular flexibility index (Phi) is 8.06. The van der Waals surface area contributed by atoms with Gasteiger partial charge in [0.1, 0.15) is 0 Å². The number of non-ortho nitro benzene ring substituents is 1. The molecule has 0 N–H and O–H groups in total. The number of carbonyl (C=O) groups is 1. The van der Waals surface area contributed by atoms with Gasteiger partial charge >= 0.3 is 0 Å². The molecule has 7 heteroatoms. The van der Waals surface area contributed by atoms with Gasteiger partial charge in [0.25, 0.3) is 5.69 Å². The van der Waals surface area contributed by atoms with Gasteiger partial charge in [-0.25, -0.2) is 0 Å². The molecule has 0 heterocycles. The monoisotopic (exact) mass is 377 g/mol. The maximum Gasteiger partial charge on any atom is 0.269 e. The Morgan fingerprint density at radius 1 is 1.08 bits per heavy atom. The minimum absolute atomic E-state index is 0. The predicted molar refractivity (Wildman–Crippen MR) is 106 cm³/mol. The van der Waals surface area contributed by atoms with Crippen molar-refractivity contribution in [3.8, 4) is 0 Å². The lowest BCUT2D eigenvalue weighted by Gasteiger charge is -2.21. The van der Waals surface area contributed by atoms with Gasteiger partial charge in [-0.1, -0.05) is 30.3 Å². The molecule has 0 spiro atoms. The van der Waals surface area contributed by atoms with E-state index >= 15 is 0 Å². The zero-order valence-corrected chi connectivity index (χ0v) is 16.0. The second-order valence-corrected chi connectivity index (χ2v) is 6.19. The lowest BCUT2D eigenvalue weighted by molar-refractivity contribution is -0.384. The van der Waals surface area contributed by atoms with Gasteiger partial charge in [-0.05, 0) is 23.6 Å². The van der Waals surface area contributed by atoms with E-state index in [-0.39, 0.29) is 30.4 Å². The normalized spacial score (nSPS) is 9.96. The molecular weight excluding hydrogens is 354 g/mol. The maximum absolute atomic E-state index is 12.4. The number of hydrogen-bond acceptors (Lipinski definition) is 4. The highest BCUT2D eigenvalue weighted by Gasteiger charge is 2.13. The molecule has 2 aromatic rings. The van der Waals surface area contributed by atoms with Crippen LogP contribution in [0.25, 0.3) is 0 Å². The van der Waals surface area contributed by atoms with Crippen molar-refractivity contribution in [2.24, 2.45) is 0 Å². The summed E-state index contributed by atoms with van der Waals surface area (Å²) in [7, 11) is 5.75. The van der Waals surface area contributed by atoms with Crippen LogP contribution in [0.1, 0.15) is 11.1 Å². The number of anilines is 1. The van der Waals surface area contributed by atoms with E-state index in [1.165, 1.54) is 17.7 Å². The van der Waals surface area contributed by atoms with E-state index in [4.69, 9.17) is 0 Å². The van der Waals surface area contributed by atoms with Crippen molar-refractivity contribution < 1.29 is 9.72 Å². The maximum atomic E-state index is 12.4. The van der Waals surface area contributed by atoms with Gasteiger partial charge in [-0.2, -0.15) is 0 Å². The summed E-state index contributed by atoms with van der Waals surface area (Å²) in [6, 6.07) is 14.3. The molecule has 2 aromatic carbocycles. The molecule has 140 valence electrons. The molecule has 0 saturated carbocycles. The minimum atomic E-state index is -0.449. The van der Waals surface area contributed by atoms with Crippen molar-refractivity contribution in [3.63, 3.8) is 0 Å². The van der Waals surface area contributed by atoms with Crippen LogP contribution in [0, 0.1) is 10.1 Å². The number of amides is 1. The number of carbonyl (C=O) groups excluding carboxylic acids is 1. The number of likely N-dealkylation sites (N-methyl/N-ethyl adjacent to an activating group) is 1. The molecule has 26 heavy (non-hydrogen) atoms. The van der Waals surface area contributed by atoms with Crippen LogP contribution in [0.2, 0.25) is 0 Å². The zero-order chi connectivity index (χ0) is 18.4. The summed E-state index contributed by atoms with van der Waals surface area (Å²) in [6.45, 7) is 0.596. The number of nitrogens with zero attached hydrogens (tertiary/aromatic N) is 3. The lowest BCUT2D eigenvalue weighted by atomic mass is 10.1. The molecule has 0 saturated heterocycles. The summed E-state index contributed by atoms with van der Waals surface area (Å²) in [5.41, 5.74) is 2.98. The van der Waals surface area contributed by atoms with Gasteiger partial charge in [0.2, 0.25) is 5.91 Å². The molecule has 0 radical (unpaired) electrons. The lowest BCUT2D eigenvalue weighted by Crippen LogP contribution is -2.30. The van der Waals surface area contributed by atoms with Gasteiger partial charge in [-0.3, -0.25) is 14.9 Å². The first-order chi connectivity index (χ1) is 11.9. The third-order valence-electron chi connectivity index (χ3n) is 4.09. The highest BCUT2D eigenvalue weighted by molar-refractivity contribution is 5.85. The third kappa shape index (κ3) is 5.74. The Balaban J connectivity index is 0.00000338. The number of para-hydroxylation sites is 1. The SMILES string of the molecule is CN(CCc1ccccc1N(C)C)C(=O)Cc1cccc([N+](=O)[O-])c1.Cl. The van der Waals surface area contributed by atoms with Crippen LogP contribution >= 0.6 is 12.4 Å². The van der Waals surface area contributed by atoms with Crippen molar-refractivity contribution in [1.82, 2.24) is 4.90 Å². The predicted octanol–water partition coefficient (Wildman–Crippen LogP) is 3.33. The van der Waals surface area contributed by atoms with Crippen LogP contribution in [0.15, 0.2) is 48.5 Å². The van der Waals surface area contributed by atoms with Crippen molar-refractivity contribution in [3.05, 3.63) is 69.8 Å². The van der Waals surface area contributed by atoms with E-state index in [2.05, 4.69) is 17.0 Å². The molecule has 6 nitrogen and oxygen atoms in total. The van der Waals surface area contributed by atoms with Gasteiger partial charge in [0, 0.05) is 45.5 Å². The first-order valence-corrected chi connectivity index (χ1v) is 8.11. The Morgan fingerprint density at radius 2 is 1.77 bits per heavy atom. The molecule has 0 aliphatic heterocycles. The van der Waals surface area contributed by atoms with Crippen LogP contribution < -0.4 is 4.90 Å². The average molecular weight is 378 g/mol. The van der Waals surface area contributed by atoms with Crippen molar-refractivity contribution >= 4 is 29.7 Å². The number of hydrogen-bond donors (Lipinski definition) is 0. The molecule has 2 rings (SSSR count). The minimum Gasteiger partial charge on any atom is -0.377 e. The topological polar surface area (TPSA) is 66.7 Å².